The van der Waals surface area contributed by atoms with Gasteiger partial charge in [-0.15, -0.1) is 0 Å². The zero-order valence-corrected chi connectivity index (χ0v) is 14.3. The molecule has 0 radical (unpaired) electrons. The van der Waals surface area contributed by atoms with Gasteiger partial charge in [0, 0.05) is 5.92 Å². The molecule has 0 saturated carbocycles. The van der Waals surface area contributed by atoms with Crippen molar-refractivity contribution in [2.75, 3.05) is 27.4 Å². The Morgan fingerprint density at radius 3 is 2.29 bits per heavy atom. The van der Waals surface area contributed by atoms with Crippen LogP contribution >= 0.6 is 0 Å². The molecule has 5 heteroatoms. The Balaban J connectivity index is 2.23. The lowest BCUT2D eigenvalue weighted by molar-refractivity contribution is 0.310. The predicted octanol–water partition coefficient (Wildman–Crippen LogP) is 3.53. The third-order valence-electron chi connectivity index (χ3n) is 3.94. The molecule has 2 N–H and O–H groups in total. The quantitative estimate of drug-likeness (QED) is 0.803. The second-order valence-electron chi connectivity index (χ2n) is 5.45. The Labute approximate surface area is 142 Å². The third-order valence-corrected chi connectivity index (χ3v) is 3.94. The molecule has 1 atom stereocenters. The van der Waals surface area contributed by atoms with Crippen LogP contribution in [-0.4, -0.2) is 27.4 Å². The van der Waals surface area contributed by atoms with Gasteiger partial charge in [0.2, 0.25) is 0 Å². The summed E-state index contributed by atoms with van der Waals surface area (Å²) in [7, 11) is 3.06. The molecule has 24 heavy (non-hydrogen) atoms. The highest BCUT2D eigenvalue weighted by molar-refractivity contribution is 5.43. The number of halogens is 1. The van der Waals surface area contributed by atoms with Gasteiger partial charge in [-0.3, -0.25) is 0 Å². The third kappa shape index (κ3) is 4.17. The van der Waals surface area contributed by atoms with Crippen LogP contribution in [0.1, 0.15) is 24.0 Å². The van der Waals surface area contributed by atoms with Gasteiger partial charge in [0.25, 0.3) is 0 Å². The smallest absolute Gasteiger partial charge is 0.165 e. The van der Waals surface area contributed by atoms with Crippen molar-refractivity contribution in [1.82, 2.24) is 0 Å². The summed E-state index contributed by atoms with van der Waals surface area (Å²) in [4.78, 5) is 0. The SMILES string of the molecule is CCOc1cc(CC(CN)c2ccc(OC)c(F)c2)ccc1OC. The van der Waals surface area contributed by atoms with E-state index in [1.807, 2.05) is 31.2 Å². The molecule has 0 saturated heterocycles. The van der Waals surface area contributed by atoms with Crippen LogP contribution in [0.25, 0.3) is 0 Å². The molecule has 0 fully saturated rings. The molecule has 4 nitrogen and oxygen atoms in total. The Bertz CT molecular complexity index is 676. The first-order chi connectivity index (χ1) is 11.6. The number of nitrogens with two attached hydrogens (primary N) is 1. The maximum absolute atomic E-state index is 13.9. The van der Waals surface area contributed by atoms with E-state index in [2.05, 4.69) is 0 Å². The highest BCUT2D eigenvalue weighted by Gasteiger charge is 2.15. The Hall–Kier alpha value is -2.27. The molecular weight excluding hydrogens is 309 g/mol. The van der Waals surface area contributed by atoms with Crippen molar-refractivity contribution in [3.05, 3.63) is 53.3 Å². The summed E-state index contributed by atoms with van der Waals surface area (Å²) in [5.74, 6) is 1.26. The van der Waals surface area contributed by atoms with Gasteiger partial charge in [-0.2, -0.15) is 0 Å². The number of ether oxygens (including phenoxy) is 3. The van der Waals surface area contributed by atoms with Crippen LogP contribution in [0.3, 0.4) is 0 Å². The van der Waals surface area contributed by atoms with Crippen LogP contribution < -0.4 is 19.9 Å². The normalized spacial score (nSPS) is 11.9. The predicted molar refractivity (Wildman–Crippen MR) is 92.6 cm³/mol. The van der Waals surface area contributed by atoms with Crippen molar-refractivity contribution in [3.8, 4) is 17.2 Å². The molecule has 0 amide bonds. The molecule has 0 aliphatic heterocycles. The minimum Gasteiger partial charge on any atom is -0.494 e. The largest absolute Gasteiger partial charge is 0.494 e. The molecule has 0 aliphatic carbocycles. The van der Waals surface area contributed by atoms with Crippen LogP contribution in [0.15, 0.2) is 36.4 Å². The van der Waals surface area contributed by atoms with E-state index >= 15 is 0 Å². The molecule has 0 aromatic heterocycles. The van der Waals surface area contributed by atoms with E-state index in [-0.39, 0.29) is 17.5 Å². The summed E-state index contributed by atoms with van der Waals surface area (Å²) in [5, 5.41) is 0. The lowest BCUT2D eigenvalue weighted by Gasteiger charge is -2.17. The summed E-state index contributed by atoms with van der Waals surface area (Å²) in [6.07, 6.45) is 0.687. The minimum atomic E-state index is -0.377. The van der Waals surface area contributed by atoms with Crippen LogP contribution in [-0.2, 0) is 6.42 Å². The molecule has 0 bridgehead atoms. The van der Waals surface area contributed by atoms with Gasteiger partial charge < -0.3 is 19.9 Å². The average molecular weight is 333 g/mol. The number of rotatable bonds is 8. The van der Waals surface area contributed by atoms with E-state index < -0.39 is 0 Å². The topological polar surface area (TPSA) is 53.7 Å². The van der Waals surface area contributed by atoms with Crippen molar-refractivity contribution in [3.63, 3.8) is 0 Å². The zero-order chi connectivity index (χ0) is 17.5. The van der Waals surface area contributed by atoms with Crippen molar-refractivity contribution in [2.45, 2.75) is 19.3 Å². The maximum atomic E-state index is 13.9. The van der Waals surface area contributed by atoms with Gasteiger partial charge in [-0.25, -0.2) is 4.39 Å². The fourth-order valence-corrected chi connectivity index (χ4v) is 2.67. The number of hydrogen-bond acceptors (Lipinski definition) is 4. The molecule has 0 heterocycles. The number of hydrogen-bond donors (Lipinski definition) is 1. The van der Waals surface area contributed by atoms with Gasteiger partial charge in [0.1, 0.15) is 0 Å². The van der Waals surface area contributed by atoms with Crippen molar-refractivity contribution >= 4 is 0 Å². The van der Waals surface area contributed by atoms with Crippen molar-refractivity contribution in [1.29, 1.82) is 0 Å². The standard InChI is InChI=1S/C19H24FNO3/c1-4-24-19-10-13(5-7-18(19)23-3)9-15(12-21)14-6-8-17(22-2)16(20)11-14/h5-8,10-11,15H,4,9,12,21H2,1-3H3. The van der Waals surface area contributed by atoms with Crippen LogP contribution in [0.5, 0.6) is 17.2 Å². The van der Waals surface area contributed by atoms with Crippen LogP contribution in [0, 0.1) is 5.82 Å². The molecule has 1 unspecified atom stereocenters. The van der Waals surface area contributed by atoms with Crippen molar-refractivity contribution < 1.29 is 18.6 Å². The Kier molecular flexibility index (Phi) is 6.44. The van der Waals surface area contributed by atoms with Gasteiger partial charge in [-0.1, -0.05) is 12.1 Å². The highest BCUT2D eigenvalue weighted by Crippen LogP contribution is 2.31. The summed E-state index contributed by atoms with van der Waals surface area (Å²) in [5.41, 5.74) is 7.83. The van der Waals surface area contributed by atoms with E-state index in [9.17, 15) is 4.39 Å². The molecule has 0 aliphatic rings. The fraction of sp³-hybridized carbons (Fsp3) is 0.368. The number of methoxy groups -OCH3 is 2. The molecular formula is C19H24FNO3. The van der Waals surface area contributed by atoms with Gasteiger partial charge >= 0.3 is 0 Å². The van der Waals surface area contributed by atoms with E-state index in [0.29, 0.717) is 31.1 Å². The maximum Gasteiger partial charge on any atom is 0.165 e. The van der Waals surface area contributed by atoms with Gasteiger partial charge in [-0.05, 0) is 55.3 Å². The fourth-order valence-electron chi connectivity index (χ4n) is 2.67. The van der Waals surface area contributed by atoms with Crippen molar-refractivity contribution in [2.24, 2.45) is 5.73 Å². The second-order valence-corrected chi connectivity index (χ2v) is 5.45. The summed E-state index contributed by atoms with van der Waals surface area (Å²) in [6.45, 7) is 2.90. The summed E-state index contributed by atoms with van der Waals surface area (Å²) >= 11 is 0. The molecule has 2 rings (SSSR count). The van der Waals surface area contributed by atoms with Crippen LogP contribution in [0.4, 0.5) is 4.39 Å². The molecule has 130 valence electrons. The summed E-state index contributed by atoms with van der Waals surface area (Å²) < 4.78 is 29.8. The lowest BCUT2D eigenvalue weighted by atomic mass is 9.91. The minimum absolute atomic E-state index is 0.00766. The van der Waals surface area contributed by atoms with E-state index in [0.717, 1.165) is 11.1 Å². The van der Waals surface area contributed by atoms with E-state index in [1.54, 1.807) is 13.2 Å². The van der Waals surface area contributed by atoms with Gasteiger partial charge in [0.05, 0.1) is 20.8 Å². The van der Waals surface area contributed by atoms with Crippen LogP contribution in [0.2, 0.25) is 0 Å². The Morgan fingerprint density at radius 2 is 1.71 bits per heavy atom. The van der Waals surface area contributed by atoms with E-state index in [1.165, 1.54) is 13.2 Å². The molecule has 2 aromatic rings. The second kappa shape index (κ2) is 8.55. The first kappa shape index (κ1) is 18.1. The lowest BCUT2D eigenvalue weighted by Crippen LogP contribution is -2.15. The van der Waals surface area contributed by atoms with E-state index in [4.69, 9.17) is 19.9 Å². The molecule has 2 aromatic carbocycles. The van der Waals surface area contributed by atoms with Gasteiger partial charge in [0.15, 0.2) is 23.1 Å². The number of benzene rings is 2. The monoisotopic (exact) mass is 333 g/mol. The summed E-state index contributed by atoms with van der Waals surface area (Å²) in [6, 6.07) is 10.8. The zero-order valence-electron chi connectivity index (χ0n) is 14.3. The molecule has 0 spiro atoms. The first-order valence-corrected chi connectivity index (χ1v) is 7.96. The Morgan fingerprint density at radius 1 is 1.00 bits per heavy atom. The highest BCUT2D eigenvalue weighted by atomic mass is 19.1. The average Bonchev–Trinajstić information content (AvgIpc) is 2.60. The first-order valence-electron chi connectivity index (χ1n) is 7.96.